The Morgan fingerprint density at radius 3 is 2.94 bits per heavy atom. The number of para-hydroxylation sites is 1. The molecule has 2 aromatic rings. The van der Waals surface area contributed by atoms with Crippen molar-refractivity contribution >= 4 is 16.9 Å². The number of carbonyl (C=O) groups is 1. The molecule has 1 fully saturated rings. The molecular weight excluding hydrogens is 214 g/mol. The summed E-state index contributed by atoms with van der Waals surface area (Å²) in [7, 11) is 0. The molecule has 3 nitrogen and oxygen atoms in total. The van der Waals surface area contributed by atoms with E-state index in [1.165, 1.54) is 11.1 Å². The third-order valence-corrected chi connectivity index (χ3v) is 3.82. The average molecular weight is 229 g/mol. The maximum Gasteiger partial charge on any atom is 0.306 e. The summed E-state index contributed by atoms with van der Waals surface area (Å²) in [6.45, 7) is 1.80. The summed E-state index contributed by atoms with van der Waals surface area (Å²) in [5, 5.41) is 10.2. The van der Waals surface area contributed by atoms with Crippen molar-refractivity contribution in [1.29, 1.82) is 0 Å². The zero-order chi connectivity index (χ0) is 12.0. The molecule has 2 N–H and O–H groups in total. The summed E-state index contributed by atoms with van der Waals surface area (Å²) in [4.78, 5) is 14.3. The summed E-state index contributed by atoms with van der Waals surface area (Å²) >= 11 is 0. The fourth-order valence-corrected chi connectivity index (χ4v) is 2.60. The second-order valence-corrected chi connectivity index (χ2v) is 4.94. The number of carboxylic acids is 1. The fraction of sp³-hybridized carbons (Fsp3) is 0.357. The van der Waals surface area contributed by atoms with Gasteiger partial charge in [0.15, 0.2) is 0 Å². The number of hydrogen-bond acceptors (Lipinski definition) is 1. The monoisotopic (exact) mass is 229 g/mol. The van der Waals surface area contributed by atoms with Crippen molar-refractivity contribution in [2.75, 3.05) is 0 Å². The van der Waals surface area contributed by atoms with E-state index < -0.39 is 5.97 Å². The number of benzene rings is 1. The van der Waals surface area contributed by atoms with Crippen LogP contribution in [-0.2, 0) is 4.79 Å². The highest BCUT2D eigenvalue weighted by atomic mass is 16.4. The van der Waals surface area contributed by atoms with E-state index in [9.17, 15) is 4.79 Å². The number of fused-ring (bicyclic) bond motifs is 1. The van der Waals surface area contributed by atoms with Crippen molar-refractivity contribution in [2.45, 2.75) is 19.3 Å². The number of H-pyrrole nitrogens is 1. The fourth-order valence-electron chi connectivity index (χ4n) is 2.60. The highest BCUT2D eigenvalue weighted by molar-refractivity contribution is 5.80. The lowest BCUT2D eigenvalue weighted by Gasteiger charge is -2.03. The van der Waals surface area contributed by atoms with Crippen LogP contribution in [0.15, 0.2) is 30.3 Å². The van der Waals surface area contributed by atoms with Crippen molar-refractivity contribution < 1.29 is 9.90 Å². The minimum absolute atomic E-state index is 0.244. The van der Waals surface area contributed by atoms with Gasteiger partial charge in [0, 0.05) is 17.1 Å². The van der Waals surface area contributed by atoms with E-state index in [0.29, 0.717) is 11.8 Å². The van der Waals surface area contributed by atoms with Gasteiger partial charge in [-0.2, -0.15) is 0 Å². The standard InChI is InChI=1S/C14H15NO2/c1-8(14(16)17)10-7-11(10)13-6-9-4-2-3-5-12(9)15-13/h2-6,8,10-11,15H,7H2,1H3,(H,16,17). The van der Waals surface area contributed by atoms with Crippen LogP contribution in [0.1, 0.15) is 25.0 Å². The lowest BCUT2D eigenvalue weighted by atomic mass is 10.0. The Morgan fingerprint density at radius 2 is 2.24 bits per heavy atom. The Bertz CT molecular complexity index is 539. The Labute approximate surface area is 99.5 Å². The summed E-state index contributed by atoms with van der Waals surface area (Å²) in [6.07, 6.45) is 0.986. The summed E-state index contributed by atoms with van der Waals surface area (Å²) < 4.78 is 0. The molecule has 3 rings (SSSR count). The first-order chi connectivity index (χ1) is 8.16. The van der Waals surface area contributed by atoms with Gasteiger partial charge in [-0.15, -0.1) is 0 Å². The molecular formula is C14H15NO2. The van der Waals surface area contributed by atoms with E-state index >= 15 is 0 Å². The van der Waals surface area contributed by atoms with E-state index in [-0.39, 0.29) is 5.92 Å². The van der Waals surface area contributed by atoms with Crippen molar-refractivity contribution in [3.63, 3.8) is 0 Å². The molecule has 3 atom stereocenters. The van der Waals surface area contributed by atoms with E-state index in [0.717, 1.165) is 11.9 Å². The summed E-state index contributed by atoms with van der Waals surface area (Å²) in [6, 6.07) is 10.3. The Morgan fingerprint density at radius 1 is 1.47 bits per heavy atom. The van der Waals surface area contributed by atoms with Gasteiger partial charge >= 0.3 is 5.97 Å². The van der Waals surface area contributed by atoms with Crippen molar-refractivity contribution in [3.8, 4) is 0 Å². The largest absolute Gasteiger partial charge is 0.481 e. The predicted octanol–water partition coefficient (Wildman–Crippen LogP) is 2.99. The van der Waals surface area contributed by atoms with Crippen LogP contribution in [0.2, 0.25) is 0 Å². The Balaban J connectivity index is 1.85. The molecule has 88 valence electrons. The first kappa shape index (κ1) is 10.4. The van der Waals surface area contributed by atoms with Crippen molar-refractivity contribution in [1.82, 2.24) is 4.98 Å². The summed E-state index contributed by atoms with van der Waals surface area (Å²) in [5.74, 6) is -0.242. The second-order valence-electron chi connectivity index (χ2n) is 4.94. The molecule has 0 bridgehead atoms. The van der Waals surface area contributed by atoms with Crippen LogP contribution in [0.4, 0.5) is 0 Å². The van der Waals surface area contributed by atoms with Crippen LogP contribution in [-0.4, -0.2) is 16.1 Å². The van der Waals surface area contributed by atoms with Crippen molar-refractivity contribution in [2.24, 2.45) is 11.8 Å². The van der Waals surface area contributed by atoms with Gasteiger partial charge in [-0.3, -0.25) is 4.79 Å². The van der Waals surface area contributed by atoms with Crippen molar-refractivity contribution in [3.05, 3.63) is 36.0 Å². The molecule has 0 saturated heterocycles. The smallest absolute Gasteiger partial charge is 0.306 e. The normalized spacial score (nSPS) is 24.8. The molecule has 3 unspecified atom stereocenters. The Hall–Kier alpha value is -1.77. The molecule has 1 aromatic carbocycles. The molecule has 1 saturated carbocycles. The van der Waals surface area contributed by atoms with Gasteiger partial charge in [0.05, 0.1) is 5.92 Å². The van der Waals surface area contributed by atoms with Gasteiger partial charge in [-0.1, -0.05) is 25.1 Å². The minimum atomic E-state index is -0.686. The first-order valence-corrected chi connectivity index (χ1v) is 5.97. The highest BCUT2D eigenvalue weighted by Gasteiger charge is 2.45. The molecule has 1 heterocycles. The first-order valence-electron chi connectivity index (χ1n) is 5.97. The van der Waals surface area contributed by atoms with Crippen LogP contribution in [0.5, 0.6) is 0 Å². The number of aromatic amines is 1. The minimum Gasteiger partial charge on any atom is -0.481 e. The predicted molar refractivity (Wildman–Crippen MR) is 65.9 cm³/mol. The quantitative estimate of drug-likeness (QED) is 0.850. The summed E-state index contributed by atoms with van der Waals surface area (Å²) in [5.41, 5.74) is 2.32. The number of carboxylic acid groups (broad SMARTS) is 1. The van der Waals surface area contributed by atoms with Gasteiger partial charge in [-0.25, -0.2) is 0 Å². The van der Waals surface area contributed by atoms with Gasteiger partial charge in [0.1, 0.15) is 0 Å². The van der Waals surface area contributed by atoms with Crippen LogP contribution < -0.4 is 0 Å². The molecule has 1 aliphatic rings. The van der Waals surface area contributed by atoms with Gasteiger partial charge in [-0.05, 0) is 29.9 Å². The SMILES string of the molecule is CC(C(=O)O)C1CC1c1cc2ccccc2[nH]1. The molecule has 3 heteroatoms. The highest BCUT2D eigenvalue weighted by Crippen LogP contribution is 2.51. The molecule has 0 spiro atoms. The molecule has 0 aliphatic heterocycles. The molecule has 1 aliphatic carbocycles. The lowest BCUT2D eigenvalue weighted by molar-refractivity contribution is -0.141. The van der Waals surface area contributed by atoms with Crippen LogP contribution in [0, 0.1) is 11.8 Å². The molecule has 17 heavy (non-hydrogen) atoms. The van der Waals surface area contributed by atoms with Gasteiger partial charge in [0.25, 0.3) is 0 Å². The number of hydrogen-bond donors (Lipinski definition) is 2. The van der Waals surface area contributed by atoms with E-state index in [2.05, 4.69) is 23.2 Å². The van der Waals surface area contributed by atoms with Crippen LogP contribution in [0.3, 0.4) is 0 Å². The number of aliphatic carboxylic acids is 1. The van der Waals surface area contributed by atoms with Crippen LogP contribution in [0.25, 0.3) is 10.9 Å². The maximum absolute atomic E-state index is 10.9. The van der Waals surface area contributed by atoms with Gasteiger partial charge < -0.3 is 10.1 Å². The van der Waals surface area contributed by atoms with Gasteiger partial charge in [0.2, 0.25) is 0 Å². The maximum atomic E-state index is 10.9. The Kier molecular flexibility index (Phi) is 2.21. The number of rotatable bonds is 3. The molecule has 1 aromatic heterocycles. The lowest BCUT2D eigenvalue weighted by Crippen LogP contribution is -2.12. The average Bonchev–Trinajstić information content (AvgIpc) is 2.99. The zero-order valence-electron chi connectivity index (χ0n) is 9.68. The third-order valence-electron chi connectivity index (χ3n) is 3.82. The molecule has 0 amide bonds. The molecule has 0 radical (unpaired) electrons. The van der Waals surface area contributed by atoms with E-state index in [1.807, 2.05) is 12.1 Å². The zero-order valence-corrected chi connectivity index (χ0v) is 9.68. The van der Waals surface area contributed by atoms with E-state index in [1.54, 1.807) is 6.92 Å². The number of aromatic nitrogens is 1. The van der Waals surface area contributed by atoms with E-state index in [4.69, 9.17) is 5.11 Å². The van der Waals surface area contributed by atoms with Crippen LogP contribution >= 0.6 is 0 Å². The third kappa shape index (κ3) is 1.71. The second kappa shape index (κ2) is 3.62. The topological polar surface area (TPSA) is 53.1 Å². The number of nitrogens with one attached hydrogen (secondary N) is 1.